The zero-order valence-electron chi connectivity index (χ0n) is 9.17. The molecule has 2 rings (SSSR count). The fraction of sp³-hybridized carbons (Fsp3) is 0.909. The van der Waals surface area contributed by atoms with E-state index in [0.717, 1.165) is 19.4 Å². The highest BCUT2D eigenvalue weighted by atomic mass is 35.5. The van der Waals surface area contributed by atoms with Crippen LogP contribution in [0.1, 0.15) is 33.1 Å². The predicted octanol–water partition coefficient (Wildman–Crippen LogP) is 2.83. The van der Waals surface area contributed by atoms with Crippen molar-refractivity contribution < 1.29 is 4.79 Å². The van der Waals surface area contributed by atoms with Gasteiger partial charge in [-0.2, -0.15) is 0 Å². The van der Waals surface area contributed by atoms with E-state index in [4.69, 9.17) is 23.2 Å². The largest absolute Gasteiger partial charge is 0.339 e. The second kappa shape index (κ2) is 3.81. The Labute approximate surface area is 101 Å². The van der Waals surface area contributed by atoms with Gasteiger partial charge in [-0.05, 0) is 25.2 Å². The number of halogens is 2. The Balaban J connectivity index is 1.96. The molecule has 4 heteroatoms. The standard InChI is InChI=1S/C11H17Cl2NO/c1-7(2)6-14(8-3-4-8)10(15)9-5-11(9,12)13/h7-9H,3-6H2,1-2H3. The molecule has 2 nitrogen and oxygen atoms in total. The van der Waals surface area contributed by atoms with Crippen LogP contribution in [0.25, 0.3) is 0 Å². The minimum absolute atomic E-state index is 0.153. The predicted molar refractivity (Wildman–Crippen MR) is 62.1 cm³/mol. The van der Waals surface area contributed by atoms with Crippen molar-refractivity contribution in [3.63, 3.8) is 0 Å². The van der Waals surface area contributed by atoms with Crippen molar-refractivity contribution in [2.24, 2.45) is 11.8 Å². The van der Waals surface area contributed by atoms with Crippen molar-refractivity contribution in [1.82, 2.24) is 4.90 Å². The maximum Gasteiger partial charge on any atom is 0.229 e. The van der Waals surface area contributed by atoms with Crippen LogP contribution in [0, 0.1) is 11.8 Å². The lowest BCUT2D eigenvalue weighted by Gasteiger charge is -2.24. The van der Waals surface area contributed by atoms with Gasteiger partial charge in [-0.25, -0.2) is 0 Å². The quantitative estimate of drug-likeness (QED) is 0.702. The van der Waals surface area contributed by atoms with Crippen molar-refractivity contribution in [2.45, 2.75) is 43.5 Å². The molecule has 0 radical (unpaired) electrons. The Morgan fingerprint density at radius 1 is 1.47 bits per heavy atom. The maximum absolute atomic E-state index is 12.1. The van der Waals surface area contributed by atoms with Crippen molar-refractivity contribution in [1.29, 1.82) is 0 Å². The second-order valence-corrected chi connectivity index (χ2v) is 6.68. The molecule has 0 saturated heterocycles. The summed E-state index contributed by atoms with van der Waals surface area (Å²) in [6.45, 7) is 5.10. The number of carbonyl (C=O) groups excluding carboxylic acids is 1. The number of rotatable bonds is 4. The molecule has 2 aliphatic rings. The van der Waals surface area contributed by atoms with Crippen LogP contribution in [0.5, 0.6) is 0 Å². The molecule has 0 aliphatic heterocycles. The van der Waals surface area contributed by atoms with Gasteiger partial charge in [-0.3, -0.25) is 4.79 Å². The van der Waals surface area contributed by atoms with E-state index in [9.17, 15) is 4.79 Å². The molecule has 0 heterocycles. The number of alkyl halides is 2. The molecular weight excluding hydrogens is 233 g/mol. The summed E-state index contributed by atoms with van der Waals surface area (Å²) in [6, 6.07) is 0.463. The molecule has 1 amide bonds. The van der Waals surface area contributed by atoms with Crippen LogP contribution in [0.15, 0.2) is 0 Å². The first kappa shape index (κ1) is 11.5. The van der Waals surface area contributed by atoms with Gasteiger partial charge in [0.2, 0.25) is 5.91 Å². The summed E-state index contributed by atoms with van der Waals surface area (Å²) in [5, 5.41) is 0. The van der Waals surface area contributed by atoms with Gasteiger partial charge < -0.3 is 4.90 Å². The third-order valence-corrected chi connectivity index (χ3v) is 3.79. The highest BCUT2D eigenvalue weighted by molar-refractivity contribution is 6.52. The average molecular weight is 250 g/mol. The fourth-order valence-electron chi connectivity index (χ4n) is 1.88. The van der Waals surface area contributed by atoms with Crippen molar-refractivity contribution >= 4 is 29.1 Å². The van der Waals surface area contributed by atoms with Gasteiger partial charge in [0.1, 0.15) is 4.33 Å². The smallest absolute Gasteiger partial charge is 0.229 e. The number of carbonyl (C=O) groups is 1. The Kier molecular flexibility index (Phi) is 2.93. The van der Waals surface area contributed by atoms with E-state index in [1.54, 1.807) is 0 Å². The van der Waals surface area contributed by atoms with Gasteiger partial charge in [-0.15, -0.1) is 23.2 Å². The summed E-state index contributed by atoms with van der Waals surface area (Å²) in [7, 11) is 0. The van der Waals surface area contributed by atoms with Crippen LogP contribution >= 0.6 is 23.2 Å². The van der Waals surface area contributed by atoms with E-state index < -0.39 is 4.33 Å². The lowest BCUT2D eigenvalue weighted by atomic mass is 10.2. The third-order valence-electron chi connectivity index (χ3n) is 2.96. The average Bonchev–Trinajstić information content (AvgIpc) is 2.96. The number of amides is 1. The summed E-state index contributed by atoms with van der Waals surface area (Å²) in [5.74, 6) is 0.518. The van der Waals surface area contributed by atoms with E-state index in [1.165, 1.54) is 0 Å². The minimum Gasteiger partial charge on any atom is -0.339 e. The topological polar surface area (TPSA) is 20.3 Å². The summed E-state index contributed by atoms with van der Waals surface area (Å²) >= 11 is 11.9. The highest BCUT2D eigenvalue weighted by Crippen LogP contribution is 2.54. The number of hydrogen-bond donors (Lipinski definition) is 0. The molecule has 0 bridgehead atoms. The van der Waals surface area contributed by atoms with Crippen molar-refractivity contribution in [2.75, 3.05) is 6.54 Å². The second-order valence-electron chi connectivity index (χ2n) is 5.13. The van der Waals surface area contributed by atoms with Crippen LogP contribution in [0.3, 0.4) is 0 Å². The summed E-state index contributed by atoms with van der Waals surface area (Å²) in [5.41, 5.74) is 0. The molecule has 0 spiro atoms. The Hall–Kier alpha value is 0.0500. The molecule has 0 aromatic carbocycles. The SMILES string of the molecule is CC(C)CN(C(=O)C1CC1(Cl)Cl)C1CC1. The van der Waals surface area contributed by atoms with Crippen LogP contribution in [-0.4, -0.2) is 27.7 Å². The monoisotopic (exact) mass is 249 g/mol. The first-order valence-electron chi connectivity index (χ1n) is 5.60. The van der Waals surface area contributed by atoms with E-state index in [0.29, 0.717) is 18.4 Å². The van der Waals surface area contributed by atoms with Crippen LogP contribution in [-0.2, 0) is 4.79 Å². The molecule has 0 aromatic rings. The minimum atomic E-state index is -0.777. The molecule has 0 N–H and O–H groups in total. The highest BCUT2D eigenvalue weighted by Gasteiger charge is 2.58. The van der Waals surface area contributed by atoms with Gasteiger partial charge in [0.05, 0.1) is 5.92 Å². The van der Waals surface area contributed by atoms with Crippen molar-refractivity contribution in [3.8, 4) is 0 Å². The zero-order valence-corrected chi connectivity index (χ0v) is 10.7. The first-order valence-corrected chi connectivity index (χ1v) is 6.35. The summed E-state index contributed by atoms with van der Waals surface area (Å²) in [4.78, 5) is 14.1. The van der Waals surface area contributed by atoms with E-state index in [-0.39, 0.29) is 11.8 Å². The summed E-state index contributed by atoms with van der Waals surface area (Å²) in [6.07, 6.45) is 2.90. The Bertz CT molecular complexity index is 274. The van der Waals surface area contributed by atoms with E-state index in [1.807, 2.05) is 4.90 Å². The van der Waals surface area contributed by atoms with Gasteiger partial charge >= 0.3 is 0 Å². The Morgan fingerprint density at radius 3 is 2.33 bits per heavy atom. The van der Waals surface area contributed by atoms with Crippen molar-refractivity contribution in [3.05, 3.63) is 0 Å². The number of nitrogens with zero attached hydrogens (tertiary/aromatic N) is 1. The molecule has 2 aliphatic carbocycles. The van der Waals surface area contributed by atoms with E-state index in [2.05, 4.69) is 13.8 Å². The zero-order chi connectivity index (χ0) is 11.2. The van der Waals surface area contributed by atoms with Crippen LogP contribution in [0.2, 0.25) is 0 Å². The maximum atomic E-state index is 12.1. The molecule has 86 valence electrons. The molecule has 2 saturated carbocycles. The van der Waals surface area contributed by atoms with E-state index >= 15 is 0 Å². The lowest BCUT2D eigenvalue weighted by Crippen LogP contribution is -2.38. The molecule has 15 heavy (non-hydrogen) atoms. The molecule has 1 unspecified atom stereocenters. The molecule has 1 atom stereocenters. The van der Waals surface area contributed by atoms with Crippen LogP contribution < -0.4 is 0 Å². The van der Waals surface area contributed by atoms with Crippen LogP contribution in [0.4, 0.5) is 0 Å². The van der Waals surface area contributed by atoms with Gasteiger partial charge in [0.25, 0.3) is 0 Å². The van der Waals surface area contributed by atoms with Gasteiger partial charge in [0, 0.05) is 12.6 Å². The Morgan fingerprint density at radius 2 is 2.00 bits per heavy atom. The first-order chi connectivity index (χ1) is 6.92. The molecular formula is C11H17Cl2NO. The fourth-order valence-corrected chi connectivity index (χ4v) is 2.38. The number of hydrogen-bond acceptors (Lipinski definition) is 1. The van der Waals surface area contributed by atoms with Gasteiger partial charge in [-0.1, -0.05) is 13.8 Å². The third kappa shape index (κ3) is 2.59. The normalized spacial score (nSPS) is 27.9. The summed E-state index contributed by atoms with van der Waals surface area (Å²) < 4.78 is -0.777. The molecule has 2 fully saturated rings. The lowest BCUT2D eigenvalue weighted by molar-refractivity contribution is -0.133. The molecule has 0 aromatic heterocycles. The van der Waals surface area contributed by atoms with Gasteiger partial charge in [0.15, 0.2) is 0 Å².